The number of benzene rings is 2. The van der Waals surface area contributed by atoms with E-state index in [0.29, 0.717) is 22.7 Å². The first-order valence-corrected chi connectivity index (χ1v) is 9.07. The van der Waals surface area contributed by atoms with Crippen LogP contribution in [-0.4, -0.2) is 25.3 Å². The Morgan fingerprint density at radius 3 is 2.44 bits per heavy atom. The number of ether oxygens (including phenoxy) is 3. The molecule has 0 saturated heterocycles. The number of hydrogen-bond acceptors (Lipinski definition) is 6. The normalized spacial score (nSPS) is 10.1. The van der Waals surface area contributed by atoms with E-state index in [1.807, 2.05) is 30.3 Å². The van der Waals surface area contributed by atoms with Crippen LogP contribution in [0.25, 0.3) is 0 Å². The van der Waals surface area contributed by atoms with E-state index in [4.69, 9.17) is 14.2 Å². The van der Waals surface area contributed by atoms with Gasteiger partial charge >= 0.3 is 11.9 Å². The first-order valence-electron chi connectivity index (χ1n) is 9.07. The predicted molar refractivity (Wildman–Crippen MR) is 103 cm³/mol. The number of esters is 2. The number of anilines is 1. The third kappa shape index (κ3) is 6.66. The van der Waals surface area contributed by atoms with E-state index in [-0.39, 0.29) is 6.42 Å². The van der Waals surface area contributed by atoms with Gasteiger partial charge in [-0.3, -0.25) is 4.79 Å². The van der Waals surface area contributed by atoms with E-state index in [0.717, 1.165) is 19.4 Å². The van der Waals surface area contributed by atoms with Crippen LogP contribution in [0.1, 0.15) is 43.5 Å². The molecule has 0 saturated carbocycles. The molecule has 2 rings (SSSR count). The highest BCUT2D eigenvalue weighted by Crippen LogP contribution is 2.27. The van der Waals surface area contributed by atoms with E-state index < -0.39 is 18.7 Å². The summed E-state index contributed by atoms with van der Waals surface area (Å²) in [5.74, 6) is 0.327. The number of rotatable bonds is 10. The monoisotopic (exact) mass is 371 g/mol. The van der Waals surface area contributed by atoms with Crippen LogP contribution >= 0.6 is 0 Å². The van der Waals surface area contributed by atoms with Crippen molar-refractivity contribution in [2.45, 2.75) is 33.1 Å². The lowest BCUT2D eigenvalue weighted by Crippen LogP contribution is -2.14. The third-order valence-corrected chi connectivity index (χ3v) is 3.73. The molecular weight excluding hydrogens is 346 g/mol. The highest BCUT2D eigenvalue weighted by Gasteiger charge is 2.15. The molecular formula is C21H25NO5. The number of hydrogen-bond donors (Lipinski definition) is 1. The Balaban J connectivity index is 2.11. The molecule has 0 spiro atoms. The Bertz CT molecular complexity index is 745. The number of carbonyl (C=O) groups excluding carboxylic acids is 2. The number of unbranched alkanes of at least 4 members (excludes halogenated alkanes) is 1. The summed E-state index contributed by atoms with van der Waals surface area (Å²) >= 11 is 0. The fraction of sp³-hybridized carbons (Fsp3) is 0.333. The van der Waals surface area contributed by atoms with E-state index in [2.05, 4.69) is 12.2 Å². The summed E-state index contributed by atoms with van der Waals surface area (Å²) < 4.78 is 15.7. The van der Waals surface area contributed by atoms with Crippen LogP contribution in [-0.2, 0) is 14.3 Å². The zero-order chi connectivity index (χ0) is 19.5. The van der Waals surface area contributed by atoms with Gasteiger partial charge < -0.3 is 19.5 Å². The van der Waals surface area contributed by atoms with Gasteiger partial charge in [-0.05, 0) is 30.7 Å². The molecule has 6 heteroatoms. The topological polar surface area (TPSA) is 73.9 Å². The fourth-order valence-electron chi connectivity index (χ4n) is 2.26. The molecule has 27 heavy (non-hydrogen) atoms. The lowest BCUT2D eigenvalue weighted by atomic mass is 10.1. The molecule has 0 aliphatic heterocycles. The predicted octanol–water partition coefficient (Wildman–Crippen LogP) is 4.76. The molecule has 6 nitrogen and oxygen atoms in total. The minimum Gasteiger partial charge on any atom is -0.457 e. The van der Waals surface area contributed by atoms with Gasteiger partial charge in [0, 0.05) is 19.0 Å². The zero-order valence-electron chi connectivity index (χ0n) is 15.7. The van der Waals surface area contributed by atoms with Gasteiger partial charge in [0.25, 0.3) is 0 Å². The Kier molecular flexibility index (Phi) is 8.16. The second-order valence-corrected chi connectivity index (χ2v) is 5.82. The van der Waals surface area contributed by atoms with Crippen molar-refractivity contribution in [2.75, 3.05) is 18.7 Å². The first-order chi connectivity index (χ1) is 13.1. The van der Waals surface area contributed by atoms with E-state index in [1.54, 1.807) is 25.1 Å². The van der Waals surface area contributed by atoms with Crippen LogP contribution < -0.4 is 10.1 Å². The van der Waals surface area contributed by atoms with Crippen molar-refractivity contribution in [1.29, 1.82) is 0 Å². The molecule has 2 aromatic rings. The average Bonchev–Trinajstić information content (AvgIpc) is 2.69. The Morgan fingerprint density at radius 2 is 1.74 bits per heavy atom. The summed E-state index contributed by atoms with van der Waals surface area (Å²) in [7, 11) is 0. The summed E-state index contributed by atoms with van der Waals surface area (Å²) in [6.07, 6.45) is 2.22. The van der Waals surface area contributed by atoms with Crippen LogP contribution in [0, 0.1) is 0 Å². The highest BCUT2D eigenvalue weighted by molar-refractivity contribution is 5.96. The first kappa shape index (κ1) is 20.3. The molecule has 0 heterocycles. The second-order valence-electron chi connectivity index (χ2n) is 5.82. The summed E-state index contributed by atoms with van der Waals surface area (Å²) in [5.41, 5.74) is 0.975. The Hall–Kier alpha value is -3.02. The fourth-order valence-corrected chi connectivity index (χ4v) is 2.26. The molecule has 0 aliphatic carbocycles. The quantitative estimate of drug-likeness (QED) is 0.369. The highest BCUT2D eigenvalue weighted by atomic mass is 16.7. The van der Waals surface area contributed by atoms with Gasteiger partial charge in [-0.2, -0.15) is 0 Å². The smallest absolute Gasteiger partial charge is 0.343 e. The maximum Gasteiger partial charge on any atom is 0.343 e. The van der Waals surface area contributed by atoms with Gasteiger partial charge in [-0.15, -0.1) is 0 Å². The third-order valence-electron chi connectivity index (χ3n) is 3.73. The van der Waals surface area contributed by atoms with Gasteiger partial charge in [0.2, 0.25) is 6.79 Å². The van der Waals surface area contributed by atoms with Crippen molar-refractivity contribution in [2.24, 2.45) is 0 Å². The van der Waals surface area contributed by atoms with Crippen LogP contribution in [0.15, 0.2) is 48.5 Å². The van der Waals surface area contributed by atoms with E-state index in [1.165, 1.54) is 0 Å². The maximum absolute atomic E-state index is 12.3. The molecule has 0 radical (unpaired) electrons. The molecule has 0 aromatic heterocycles. The standard InChI is InChI=1S/C21H25NO5/c1-3-5-13-22-19-14-17(27-16-9-7-6-8-10-16)11-12-18(19)21(24)26-15-25-20(23)4-2/h6-12,14,22H,3-5,13,15H2,1-2H3. The van der Waals surface area contributed by atoms with Gasteiger partial charge in [0.05, 0.1) is 11.3 Å². The number of para-hydroxylation sites is 1. The SMILES string of the molecule is CCCCNc1cc(Oc2ccccc2)ccc1C(=O)OCOC(=O)CC. The van der Waals surface area contributed by atoms with Gasteiger partial charge in [0.1, 0.15) is 11.5 Å². The average molecular weight is 371 g/mol. The molecule has 2 aromatic carbocycles. The van der Waals surface area contributed by atoms with Gasteiger partial charge in [0.15, 0.2) is 0 Å². The van der Waals surface area contributed by atoms with Gasteiger partial charge in [-0.25, -0.2) is 4.79 Å². The lowest BCUT2D eigenvalue weighted by Gasteiger charge is -2.14. The summed E-state index contributed by atoms with van der Waals surface area (Å²) in [6.45, 7) is 4.08. The molecule has 0 atom stereocenters. The van der Waals surface area contributed by atoms with Crippen LogP contribution in [0.5, 0.6) is 11.5 Å². The number of carbonyl (C=O) groups is 2. The van der Waals surface area contributed by atoms with Crippen molar-refractivity contribution in [3.63, 3.8) is 0 Å². The minimum absolute atomic E-state index is 0.229. The van der Waals surface area contributed by atoms with Crippen LogP contribution in [0.2, 0.25) is 0 Å². The van der Waals surface area contributed by atoms with Crippen LogP contribution in [0.3, 0.4) is 0 Å². The minimum atomic E-state index is -0.566. The van der Waals surface area contributed by atoms with Crippen molar-refractivity contribution in [3.8, 4) is 11.5 Å². The number of nitrogens with one attached hydrogen (secondary N) is 1. The molecule has 1 N–H and O–H groups in total. The molecule has 0 bridgehead atoms. The van der Waals surface area contributed by atoms with Crippen molar-refractivity contribution in [1.82, 2.24) is 0 Å². The second kappa shape index (κ2) is 10.9. The zero-order valence-corrected chi connectivity index (χ0v) is 15.7. The summed E-state index contributed by atoms with van der Waals surface area (Å²) in [6, 6.07) is 14.5. The van der Waals surface area contributed by atoms with Crippen molar-refractivity contribution >= 4 is 17.6 Å². The molecule has 0 amide bonds. The van der Waals surface area contributed by atoms with E-state index in [9.17, 15) is 9.59 Å². The molecule has 144 valence electrons. The molecule has 0 unspecified atom stereocenters. The van der Waals surface area contributed by atoms with Crippen molar-refractivity contribution in [3.05, 3.63) is 54.1 Å². The lowest BCUT2D eigenvalue weighted by molar-refractivity contribution is -0.151. The molecule has 0 aliphatic rings. The van der Waals surface area contributed by atoms with Crippen LogP contribution in [0.4, 0.5) is 5.69 Å². The Morgan fingerprint density at radius 1 is 0.963 bits per heavy atom. The summed E-state index contributed by atoms with van der Waals surface area (Å²) in [5, 5.41) is 3.24. The largest absolute Gasteiger partial charge is 0.457 e. The maximum atomic E-state index is 12.3. The summed E-state index contributed by atoms with van der Waals surface area (Å²) in [4.78, 5) is 23.5. The van der Waals surface area contributed by atoms with Crippen molar-refractivity contribution < 1.29 is 23.8 Å². The molecule has 0 fully saturated rings. The van der Waals surface area contributed by atoms with E-state index >= 15 is 0 Å². The van der Waals surface area contributed by atoms with Gasteiger partial charge in [-0.1, -0.05) is 38.5 Å². The Labute approximate surface area is 159 Å².